The summed E-state index contributed by atoms with van der Waals surface area (Å²) in [5.41, 5.74) is 7.13. The lowest BCUT2D eigenvalue weighted by Crippen LogP contribution is -2.38. The van der Waals surface area contributed by atoms with Crippen LogP contribution in [0, 0.1) is 5.92 Å². The molecule has 0 aromatic carbocycles. The lowest BCUT2D eigenvalue weighted by molar-refractivity contribution is 0.0926. The predicted molar refractivity (Wildman–Crippen MR) is 85.3 cm³/mol. The zero-order valence-electron chi connectivity index (χ0n) is 12.1. The standard InChI is InChI=1S/C15H20N4OS/c1-9-5-3-2-4-6-10(9)19-14(20)13-11(16)12-15(21-13)18-8-7-17-12/h7-10H,2-6,16H2,1H3,(H,19,20). The summed E-state index contributed by atoms with van der Waals surface area (Å²) in [7, 11) is 0. The topological polar surface area (TPSA) is 80.9 Å². The van der Waals surface area contributed by atoms with E-state index in [-0.39, 0.29) is 11.9 Å². The summed E-state index contributed by atoms with van der Waals surface area (Å²) in [6, 6.07) is 0.241. The highest BCUT2D eigenvalue weighted by Gasteiger charge is 2.24. The van der Waals surface area contributed by atoms with E-state index in [1.165, 1.54) is 37.0 Å². The van der Waals surface area contributed by atoms with Crippen LogP contribution in [-0.2, 0) is 0 Å². The molecule has 1 amide bonds. The van der Waals surface area contributed by atoms with Crippen molar-refractivity contribution in [1.29, 1.82) is 0 Å². The first-order valence-corrected chi connectivity index (χ1v) is 8.28. The first-order chi connectivity index (χ1) is 10.2. The van der Waals surface area contributed by atoms with Crippen molar-refractivity contribution in [2.75, 3.05) is 5.73 Å². The Kier molecular flexibility index (Phi) is 4.05. The SMILES string of the molecule is CC1CCCCCC1NC(=O)c1sc2nccnc2c1N. The number of hydrogen-bond acceptors (Lipinski definition) is 5. The van der Waals surface area contributed by atoms with Crippen molar-refractivity contribution in [3.63, 3.8) is 0 Å². The molecule has 1 saturated carbocycles. The molecule has 2 atom stereocenters. The van der Waals surface area contributed by atoms with Crippen LogP contribution in [0.2, 0.25) is 0 Å². The van der Waals surface area contributed by atoms with Gasteiger partial charge in [-0.3, -0.25) is 4.79 Å². The van der Waals surface area contributed by atoms with E-state index < -0.39 is 0 Å². The zero-order chi connectivity index (χ0) is 14.8. The second kappa shape index (κ2) is 5.97. The number of carbonyl (C=O) groups excluding carboxylic acids is 1. The van der Waals surface area contributed by atoms with Gasteiger partial charge in [0, 0.05) is 18.4 Å². The highest BCUT2D eigenvalue weighted by molar-refractivity contribution is 7.21. The van der Waals surface area contributed by atoms with Crippen molar-refractivity contribution in [2.24, 2.45) is 5.92 Å². The molecular weight excluding hydrogens is 284 g/mol. The number of carbonyl (C=O) groups is 1. The summed E-state index contributed by atoms with van der Waals surface area (Å²) in [6.07, 6.45) is 9.14. The lowest BCUT2D eigenvalue weighted by atomic mass is 9.97. The Morgan fingerprint density at radius 3 is 2.86 bits per heavy atom. The molecule has 0 radical (unpaired) electrons. The van der Waals surface area contributed by atoms with Gasteiger partial charge in [0.25, 0.3) is 5.91 Å². The van der Waals surface area contributed by atoms with E-state index in [2.05, 4.69) is 22.2 Å². The van der Waals surface area contributed by atoms with Gasteiger partial charge < -0.3 is 11.1 Å². The fourth-order valence-corrected chi connectivity index (χ4v) is 3.88. The van der Waals surface area contributed by atoms with Gasteiger partial charge in [-0.05, 0) is 18.8 Å². The Bertz CT molecular complexity index is 654. The van der Waals surface area contributed by atoms with Crippen LogP contribution in [0.5, 0.6) is 0 Å². The van der Waals surface area contributed by atoms with E-state index in [9.17, 15) is 4.79 Å². The molecule has 6 heteroatoms. The number of thiophene rings is 1. The van der Waals surface area contributed by atoms with E-state index in [0.29, 0.717) is 26.8 Å². The fourth-order valence-electron chi connectivity index (χ4n) is 2.95. The van der Waals surface area contributed by atoms with E-state index in [4.69, 9.17) is 5.73 Å². The lowest BCUT2D eigenvalue weighted by Gasteiger charge is -2.22. The smallest absolute Gasteiger partial charge is 0.263 e. The van der Waals surface area contributed by atoms with Crippen LogP contribution in [0.1, 0.15) is 48.7 Å². The zero-order valence-corrected chi connectivity index (χ0v) is 12.9. The van der Waals surface area contributed by atoms with Crippen molar-refractivity contribution in [3.05, 3.63) is 17.3 Å². The molecule has 1 aliphatic rings. The molecule has 1 aliphatic carbocycles. The molecule has 2 aromatic rings. The number of aromatic nitrogens is 2. The first-order valence-electron chi connectivity index (χ1n) is 7.46. The third-order valence-corrected chi connectivity index (χ3v) is 5.35. The first kappa shape index (κ1) is 14.3. The quantitative estimate of drug-likeness (QED) is 0.836. The largest absolute Gasteiger partial charge is 0.396 e. The van der Waals surface area contributed by atoms with E-state index >= 15 is 0 Å². The molecular formula is C15H20N4OS. The Morgan fingerprint density at radius 1 is 1.29 bits per heavy atom. The molecule has 2 unspecified atom stereocenters. The van der Waals surface area contributed by atoms with Gasteiger partial charge in [-0.2, -0.15) is 0 Å². The average molecular weight is 304 g/mol. The van der Waals surface area contributed by atoms with Crippen molar-refractivity contribution in [3.8, 4) is 0 Å². The molecule has 2 heterocycles. The molecule has 1 fully saturated rings. The van der Waals surface area contributed by atoms with Crippen LogP contribution in [0.15, 0.2) is 12.4 Å². The molecule has 0 saturated heterocycles. The van der Waals surface area contributed by atoms with E-state index in [1.54, 1.807) is 12.4 Å². The van der Waals surface area contributed by atoms with Crippen LogP contribution in [0.25, 0.3) is 10.3 Å². The second-order valence-corrected chi connectivity index (χ2v) is 6.75. The number of hydrogen-bond donors (Lipinski definition) is 2. The summed E-state index contributed by atoms with van der Waals surface area (Å²) in [5.74, 6) is 0.430. The molecule has 3 rings (SSSR count). The Balaban J connectivity index is 1.81. The van der Waals surface area contributed by atoms with Gasteiger partial charge >= 0.3 is 0 Å². The Hall–Kier alpha value is -1.69. The highest BCUT2D eigenvalue weighted by atomic mass is 32.1. The van der Waals surface area contributed by atoms with Crippen LogP contribution < -0.4 is 11.1 Å². The number of anilines is 1. The third kappa shape index (κ3) is 2.85. The third-order valence-electron chi connectivity index (χ3n) is 4.25. The average Bonchev–Trinajstić information content (AvgIpc) is 2.69. The van der Waals surface area contributed by atoms with Gasteiger partial charge in [-0.15, -0.1) is 11.3 Å². The minimum absolute atomic E-state index is 0.0870. The van der Waals surface area contributed by atoms with Crippen LogP contribution >= 0.6 is 11.3 Å². The number of rotatable bonds is 2. The van der Waals surface area contributed by atoms with Crippen LogP contribution in [-0.4, -0.2) is 21.9 Å². The van der Waals surface area contributed by atoms with Crippen molar-refractivity contribution >= 4 is 33.3 Å². The van der Waals surface area contributed by atoms with Crippen molar-refractivity contribution in [2.45, 2.75) is 45.1 Å². The summed E-state index contributed by atoms with van der Waals surface area (Å²) in [6.45, 7) is 2.22. The normalized spacial score (nSPS) is 22.9. The number of nitrogens with zero attached hydrogens (tertiary/aromatic N) is 2. The molecule has 5 nitrogen and oxygen atoms in total. The van der Waals surface area contributed by atoms with Crippen molar-refractivity contribution < 1.29 is 4.79 Å². The fraction of sp³-hybridized carbons (Fsp3) is 0.533. The summed E-state index contributed by atoms with van der Waals surface area (Å²) < 4.78 is 0. The van der Waals surface area contributed by atoms with Gasteiger partial charge in [0.1, 0.15) is 15.2 Å². The Morgan fingerprint density at radius 2 is 2.05 bits per heavy atom. The molecule has 0 aliphatic heterocycles. The minimum atomic E-state index is -0.0870. The number of fused-ring (bicyclic) bond motifs is 1. The minimum Gasteiger partial charge on any atom is -0.396 e. The Labute approximate surface area is 128 Å². The molecule has 112 valence electrons. The number of nitrogens with two attached hydrogens (primary N) is 1. The van der Waals surface area contributed by atoms with Gasteiger partial charge in [0.05, 0.1) is 5.69 Å². The monoisotopic (exact) mass is 304 g/mol. The summed E-state index contributed by atoms with van der Waals surface area (Å²) >= 11 is 1.32. The number of nitrogens with one attached hydrogen (secondary N) is 1. The van der Waals surface area contributed by atoms with E-state index in [1.807, 2.05) is 0 Å². The number of nitrogen functional groups attached to an aromatic ring is 1. The molecule has 3 N–H and O–H groups in total. The van der Waals surface area contributed by atoms with Crippen molar-refractivity contribution in [1.82, 2.24) is 15.3 Å². The predicted octanol–water partition coefficient (Wildman–Crippen LogP) is 2.97. The van der Waals surface area contributed by atoms with Gasteiger partial charge in [0.2, 0.25) is 0 Å². The second-order valence-electron chi connectivity index (χ2n) is 5.75. The van der Waals surface area contributed by atoms with Crippen LogP contribution in [0.4, 0.5) is 5.69 Å². The molecule has 21 heavy (non-hydrogen) atoms. The van der Waals surface area contributed by atoms with Gasteiger partial charge in [-0.25, -0.2) is 9.97 Å². The molecule has 0 spiro atoms. The molecule has 2 aromatic heterocycles. The summed E-state index contributed by atoms with van der Waals surface area (Å²) in [4.78, 5) is 22.2. The molecule has 0 bridgehead atoms. The van der Waals surface area contributed by atoms with Crippen LogP contribution in [0.3, 0.4) is 0 Å². The summed E-state index contributed by atoms with van der Waals surface area (Å²) in [5, 5.41) is 3.16. The van der Waals surface area contributed by atoms with Gasteiger partial charge in [0.15, 0.2) is 0 Å². The maximum absolute atomic E-state index is 12.5. The maximum atomic E-state index is 12.5. The van der Waals surface area contributed by atoms with E-state index in [0.717, 1.165) is 6.42 Å². The highest BCUT2D eigenvalue weighted by Crippen LogP contribution is 2.31. The number of amides is 1. The van der Waals surface area contributed by atoms with Gasteiger partial charge in [-0.1, -0.05) is 26.2 Å². The maximum Gasteiger partial charge on any atom is 0.263 e.